The van der Waals surface area contributed by atoms with Crippen LogP contribution in [0.4, 0.5) is 0 Å². The molecule has 1 aliphatic rings. The standard InChI is InChI=1S/C15H10N4O/c16-9-11-5-3-4-8-15(11,10-17)20-14-18-12-6-1-2-7-13(12)19-14/h1-8,11H,(H,18,19). The summed E-state index contributed by atoms with van der Waals surface area (Å²) < 4.78 is 5.69. The third-order valence-electron chi connectivity index (χ3n) is 3.17. The van der Waals surface area contributed by atoms with Gasteiger partial charge in [-0.1, -0.05) is 30.4 Å². The lowest BCUT2D eigenvalue weighted by Crippen LogP contribution is -2.40. The van der Waals surface area contributed by atoms with Gasteiger partial charge in [0.2, 0.25) is 5.60 Å². The second kappa shape index (κ2) is 4.56. The largest absolute Gasteiger partial charge is 0.437 e. The predicted octanol–water partition coefficient (Wildman–Crippen LogP) is 2.47. The highest BCUT2D eigenvalue weighted by Gasteiger charge is 2.40. The van der Waals surface area contributed by atoms with Crippen molar-refractivity contribution in [1.82, 2.24) is 9.97 Å². The molecule has 96 valence electrons. The third-order valence-corrected chi connectivity index (χ3v) is 3.17. The summed E-state index contributed by atoms with van der Waals surface area (Å²) in [5.41, 5.74) is 0.219. The Morgan fingerprint density at radius 2 is 2.10 bits per heavy atom. The first-order valence-corrected chi connectivity index (χ1v) is 6.08. The summed E-state index contributed by atoms with van der Waals surface area (Å²) in [6, 6.07) is 11.8. The predicted molar refractivity (Wildman–Crippen MR) is 72.4 cm³/mol. The van der Waals surface area contributed by atoms with Crippen LogP contribution >= 0.6 is 0 Å². The van der Waals surface area contributed by atoms with Crippen LogP contribution in [0.5, 0.6) is 6.01 Å². The number of hydrogen-bond donors (Lipinski definition) is 1. The summed E-state index contributed by atoms with van der Waals surface area (Å²) in [4.78, 5) is 7.27. The van der Waals surface area contributed by atoms with Gasteiger partial charge in [0, 0.05) is 0 Å². The Balaban J connectivity index is 2.00. The molecule has 1 N–H and O–H groups in total. The molecule has 0 bridgehead atoms. The van der Waals surface area contributed by atoms with E-state index in [-0.39, 0.29) is 6.01 Å². The first-order valence-electron chi connectivity index (χ1n) is 6.08. The van der Waals surface area contributed by atoms with Crippen LogP contribution in [0.2, 0.25) is 0 Å². The molecule has 1 heterocycles. The van der Waals surface area contributed by atoms with Crippen LogP contribution in [0, 0.1) is 28.6 Å². The zero-order valence-electron chi connectivity index (χ0n) is 10.4. The van der Waals surface area contributed by atoms with Gasteiger partial charge in [-0.3, -0.25) is 0 Å². The number of fused-ring (bicyclic) bond motifs is 1. The first kappa shape index (κ1) is 12.0. The van der Waals surface area contributed by atoms with E-state index in [1.165, 1.54) is 0 Å². The number of nitriles is 2. The van der Waals surface area contributed by atoms with Crippen molar-refractivity contribution in [2.45, 2.75) is 5.60 Å². The minimum absolute atomic E-state index is 0.230. The molecule has 0 spiro atoms. The maximum absolute atomic E-state index is 9.43. The number of nitrogens with one attached hydrogen (secondary N) is 1. The van der Waals surface area contributed by atoms with Gasteiger partial charge in [-0.05, 0) is 18.2 Å². The zero-order valence-corrected chi connectivity index (χ0v) is 10.4. The molecule has 2 atom stereocenters. The van der Waals surface area contributed by atoms with E-state index in [1.54, 1.807) is 24.3 Å². The number of aromatic amines is 1. The normalized spacial score (nSPS) is 24.2. The lowest BCUT2D eigenvalue weighted by atomic mass is 9.86. The Kier molecular flexibility index (Phi) is 2.74. The Morgan fingerprint density at radius 3 is 2.85 bits per heavy atom. The van der Waals surface area contributed by atoms with Crippen LogP contribution in [-0.4, -0.2) is 15.6 Å². The lowest BCUT2D eigenvalue weighted by molar-refractivity contribution is 0.140. The van der Waals surface area contributed by atoms with Crippen molar-refractivity contribution >= 4 is 11.0 Å². The van der Waals surface area contributed by atoms with Crippen molar-refractivity contribution in [3.8, 4) is 18.1 Å². The molecule has 0 saturated heterocycles. The number of imidazole rings is 1. The molecule has 0 saturated carbocycles. The second-order valence-corrected chi connectivity index (χ2v) is 4.42. The van der Waals surface area contributed by atoms with Gasteiger partial charge in [-0.25, -0.2) is 0 Å². The molecule has 1 aromatic heterocycles. The molecule has 5 nitrogen and oxygen atoms in total. The molecule has 2 unspecified atom stereocenters. The smallest absolute Gasteiger partial charge is 0.296 e. The summed E-state index contributed by atoms with van der Waals surface area (Å²) in [6.45, 7) is 0. The highest BCUT2D eigenvalue weighted by atomic mass is 16.5. The van der Waals surface area contributed by atoms with Gasteiger partial charge in [0.1, 0.15) is 12.0 Å². The number of benzene rings is 1. The van der Waals surface area contributed by atoms with E-state index in [9.17, 15) is 10.5 Å². The first-order chi connectivity index (χ1) is 9.77. The Bertz CT molecular complexity index is 757. The van der Waals surface area contributed by atoms with Crippen LogP contribution in [0.15, 0.2) is 48.6 Å². The molecule has 5 heteroatoms. The quantitative estimate of drug-likeness (QED) is 0.900. The Morgan fingerprint density at radius 1 is 1.25 bits per heavy atom. The summed E-state index contributed by atoms with van der Waals surface area (Å²) in [6.07, 6.45) is 6.64. The van der Waals surface area contributed by atoms with E-state index >= 15 is 0 Å². The van der Waals surface area contributed by atoms with E-state index < -0.39 is 11.5 Å². The summed E-state index contributed by atoms with van der Waals surface area (Å²) in [5, 5.41) is 18.6. The minimum Gasteiger partial charge on any atom is -0.437 e. The third kappa shape index (κ3) is 1.82. The van der Waals surface area contributed by atoms with Gasteiger partial charge in [0.25, 0.3) is 6.01 Å². The van der Waals surface area contributed by atoms with Gasteiger partial charge in [-0.2, -0.15) is 15.5 Å². The number of allylic oxidation sites excluding steroid dienone is 2. The van der Waals surface area contributed by atoms with Crippen molar-refractivity contribution in [1.29, 1.82) is 10.5 Å². The van der Waals surface area contributed by atoms with E-state index in [2.05, 4.69) is 22.1 Å². The maximum atomic E-state index is 9.43. The van der Waals surface area contributed by atoms with Crippen LogP contribution in [0.25, 0.3) is 11.0 Å². The number of ether oxygens (including phenoxy) is 1. The highest BCUT2D eigenvalue weighted by molar-refractivity contribution is 5.75. The van der Waals surface area contributed by atoms with Crippen LogP contribution in [0.3, 0.4) is 0 Å². The van der Waals surface area contributed by atoms with Crippen LogP contribution < -0.4 is 4.74 Å². The number of H-pyrrole nitrogens is 1. The van der Waals surface area contributed by atoms with E-state index in [0.717, 1.165) is 11.0 Å². The lowest BCUT2D eigenvalue weighted by Gasteiger charge is -2.27. The van der Waals surface area contributed by atoms with Crippen molar-refractivity contribution in [2.75, 3.05) is 0 Å². The molecule has 0 fully saturated rings. The van der Waals surface area contributed by atoms with Crippen molar-refractivity contribution in [3.05, 3.63) is 48.6 Å². The van der Waals surface area contributed by atoms with Gasteiger partial charge in [0.05, 0.1) is 17.1 Å². The fourth-order valence-electron chi connectivity index (χ4n) is 2.12. The highest BCUT2D eigenvalue weighted by Crippen LogP contribution is 2.29. The average molecular weight is 262 g/mol. The Hall–Kier alpha value is -3.05. The molecular weight excluding hydrogens is 252 g/mol. The van der Waals surface area contributed by atoms with Crippen LogP contribution in [0.1, 0.15) is 0 Å². The number of aromatic nitrogens is 2. The minimum atomic E-state index is -1.35. The van der Waals surface area contributed by atoms with E-state index in [4.69, 9.17) is 4.74 Å². The van der Waals surface area contributed by atoms with E-state index in [0.29, 0.717) is 0 Å². The molecule has 2 aromatic rings. The average Bonchev–Trinajstić information content (AvgIpc) is 2.89. The molecule has 0 amide bonds. The topological polar surface area (TPSA) is 85.5 Å². The van der Waals surface area contributed by atoms with Gasteiger partial charge >= 0.3 is 0 Å². The fourth-order valence-corrected chi connectivity index (χ4v) is 2.12. The molecule has 1 aromatic carbocycles. The maximum Gasteiger partial charge on any atom is 0.296 e. The molecule has 3 rings (SSSR count). The molecule has 1 aliphatic carbocycles. The number of hydrogen-bond acceptors (Lipinski definition) is 4. The van der Waals surface area contributed by atoms with Gasteiger partial charge in [-0.15, -0.1) is 0 Å². The summed E-state index contributed by atoms with van der Waals surface area (Å²) >= 11 is 0. The molecule has 20 heavy (non-hydrogen) atoms. The summed E-state index contributed by atoms with van der Waals surface area (Å²) in [7, 11) is 0. The number of nitrogens with zero attached hydrogens (tertiary/aromatic N) is 3. The van der Waals surface area contributed by atoms with Crippen molar-refractivity contribution in [3.63, 3.8) is 0 Å². The van der Waals surface area contributed by atoms with Gasteiger partial charge < -0.3 is 9.72 Å². The van der Waals surface area contributed by atoms with Crippen molar-refractivity contribution in [2.24, 2.45) is 5.92 Å². The van der Waals surface area contributed by atoms with E-state index in [1.807, 2.05) is 24.3 Å². The summed E-state index contributed by atoms with van der Waals surface area (Å²) in [5.74, 6) is -0.675. The molecular formula is C15H10N4O. The Labute approximate surface area is 115 Å². The number of para-hydroxylation sites is 2. The van der Waals surface area contributed by atoms with Gasteiger partial charge in [0.15, 0.2) is 0 Å². The SMILES string of the molecule is N#CC1C=CC=CC1(C#N)Oc1nc2ccccc2[nH]1. The monoisotopic (exact) mass is 262 g/mol. The number of rotatable bonds is 2. The molecule has 0 radical (unpaired) electrons. The van der Waals surface area contributed by atoms with Crippen molar-refractivity contribution < 1.29 is 4.74 Å². The second-order valence-electron chi connectivity index (χ2n) is 4.42. The zero-order chi connectivity index (χ0) is 14.0. The fraction of sp³-hybridized carbons (Fsp3) is 0.133. The van der Waals surface area contributed by atoms with Crippen LogP contribution in [-0.2, 0) is 0 Å². The molecule has 0 aliphatic heterocycles.